The third-order valence-electron chi connectivity index (χ3n) is 3.14. The number of hydrogen-bond donors (Lipinski definition) is 0. The highest BCUT2D eigenvalue weighted by molar-refractivity contribution is 5.34. The van der Waals surface area contributed by atoms with Gasteiger partial charge in [-0.2, -0.15) is 0 Å². The summed E-state index contributed by atoms with van der Waals surface area (Å²) in [7, 11) is 1.69. The van der Waals surface area contributed by atoms with Crippen LogP contribution in [-0.4, -0.2) is 26.4 Å². The lowest BCUT2D eigenvalue weighted by molar-refractivity contribution is -0.0640. The molecule has 1 aromatic rings. The lowest BCUT2D eigenvalue weighted by Crippen LogP contribution is -2.24. The molecule has 1 heterocycles. The van der Waals surface area contributed by atoms with Gasteiger partial charge in [0.05, 0.1) is 19.3 Å². The summed E-state index contributed by atoms with van der Waals surface area (Å²) >= 11 is 0. The quantitative estimate of drug-likeness (QED) is 0.804. The molecule has 3 heteroatoms. The van der Waals surface area contributed by atoms with Crippen molar-refractivity contribution in [3.05, 3.63) is 29.8 Å². The number of para-hydroxylation sites is 1. The molecule has 0 aromatic heterocycles. The van der Waals surface area contributed by atoms with Crippen LogP contribution in [-0.2, 0) is 9.47 Å². The molecule has 1 unspecified atom stereocenters. The Morgan fingerprint density at radius 2 is 1.94 bits per heavy atom. The Kier molecular flexibility index (Phi) is 4.40. The Morgan fingerprint density at radius 1 is 1.24 bits per heavy atom. The van der Waals surface area contributed by atoms with Crippen LogP contribution < -0.4 is 4.74 Å². The summed E-state index contributed by atoms with van der Waals surface area (Å²) in [5.74, 6) is 0.895. The van der Waals surface area contributed by atoms with E-state index in [1.165, 1.54) is 0 Å². The Hall–Kier alpha value is -1.06. The van der Waals surface area contributed by atoms with Crippen molar-refractivity contribution < 1.29 is 14.2 Å². The zero-order chi connectivity index (χ0) is 12.1. The monoisotopic (exact) mass is 236 g/mol. The van der Waals surface area contributed by atoms with Crippen molar-refractivity contribution >= 4 is 0 Å². The summed E-state index contributed by atoms with van der Waals surface area (Å²) < 4.78 is 16.7. The highest BCUT2D eigenvalue weighted by atomic mass is 16.5. The molecule has 1 aliphatic heterocycles. The van der Waals surface area contributed by atoms with Crippen molar-refractivity contribution in [3.63, 3.8) is 0 Å². The standard InChI is InChI=1S/C14H20O3/c1-11(17-12-7-9-16-10-8-12)13-5-3-4-6-14(13)15-2/h3-6,11-12H,7-10H2,1-2H3. The van der Waals surface area contributed by atoms with Crippen LogP contribution in [0.2, 0.25) is 0 Å². The van der Waals surface area contributed by atoms with E-state index in [1.54, 1.807) is 7.11 Å². The van der Waals surface area contributed by atoms with E-state index in [9.17, 15) is 0 Å². The van der Waals surface area contributed by atoms with Gasteiger partial charge in [-0.05, 0) is 25.8 Å². The summed E-state index contributed by atoms with van der Waals surface area (Å²) in [4.78, 5) is 0. The smallest absolute Gasteiger partial charge is 0.124 e. The molecule has 0 spiro atoms. The van der Waals surface area contributed by atoms with Gasteiger partial charge in [0.15, 0.2) is 0 Å². The van der Waals surface area contributed by atoms with Crippen molar-refractivity contribution in [1.29, 1.82) is 0 Å². The zero-order valence-electron chi connectivity index (χ0n) is 10.5. The fourth-order valence-corrected chi connectivity index (χ4v) is 2.18. The fourth-order valence-electron chi connectivity index (χ4n) is 2.18. The second kappa shape index (κ2) is 6.03. The van der Waals surface area contributed by atoms with Gasteiger partial charge >= 0.3 is 0 Å². The Morgan fingerprint density at radius 3 is 2.65 bits per heavy atom. The van der Waals surface area contributed by atoms with E-state index in [0.29, 0.717) is 6.10 Å². The summed E-state index contributed by atoms with van der Waals surface area (Å²) in [6.07, 6.45) is 2.34. The van der Waals surface area contributed by atoms with Crippen LogP contribution in [0.4, 0.5) is 0 Å². The van der Waals surface area contributed by atoms with E-state index in [0.717, 1.165) is 37.4 Å². The Labute approximate surface area is 103 Å². The van der Waals surface area contributed by atoms with Crippen molar-refractivity contribution in [2.24, 2.45) is 0 Å². The van der Waals surface area contributed by atoms with Crippen molar-refractivity contribution in [3.8, 4) is 5.75 Å². The normalized spacial score (nSPS) is 18.9. The van der Waals surface area contributed by atoms with Crippen LogP contribution in [0.15, 0.2) is 24.3 Å². The lowest BCUT2D eigenvalue weighted by atomic mass is 10.1. The largest absolute Gasteiger partial charge is 0.496 e. The third-order valence-corrected chi connectivity index (χ3v) is 3.14. The summed E-state index contributed by atoms with van der Waals surface area (Å²) in [5, 5.41) is 0. The molecule has 17 heavy (non-hydrogen) atoms. The first-order valence-electron chi connectivity index (χ1n) is 6.17. The van der Waals surface area contributed by atoms with Crippen molar-refractivity contribution in [2.45, 2.75) is 32.0 Å². The predicted octanol–water partition coefficient (Wildman–Crippen LogP) is 2.95. The fraction of sp³-hybridized carbons (Fsp3) is 0.571. The zero-order valence-corrected chi connectivity index (χ0v) is 10.5. The van der Waals surface area contributed by atoms with Gasteiger partial charge in [-0.3, -0.25) is 0 Å². The van der Waals surface area contributed by atoms with Crippen LogP contribution in [0.1, 0.15) is 31.4 Å². The molecule has 0 N–H and O–H groups in total. The van der Waals surface area contributed by atoms with Crippen LogP contribution in [0, 0.1) is 0 Å². The van der Waals surface area contributed by atoms with Crippen LogP contribution in [0.3, 0.4) is 0 Å². The van der Waals surface area contributed by atoms with E-state index in [-0.39, 0.29) is 6.10 Å². The minimum Gasteiger partial charge on any atom is -0.496 e. The molecule has 1 saturated heterocycles. The Bertz CT molecular complexity index is 345. The second-order valence-corrected chi connectivity index (χ2v) is 4.33. The van der Waals surface area contributed by atoms with Crippen LogP contribution in [0.25, 0.3) is 0 Å². The molecular weight excluding hydrogens is 216 g/mol. The molecule has 1 atom stereocenters. The molecule has 1 fully saturated rings. The molecule has 0 radical (unpaired) electrons. The maximum Gasteiger partial charge on any atom is 0.124 e. The van der Waals surface area contributed by atoms with Gasteiger partial charge in [0.25, 0.3) is 0 Å². The maximum absolute atomic E-state index is 6.06. The minimum absolute atomic E-state index is 0.0641. The molecule has 0 amide bonds. The van der Waals surface area contributed by atoms with Gasteiger partial charge in [0.1, 0.15) is 5.75 Å². The van der Waals surface area contributed by atoms with E-state index in [1.807, 2.05) is 18.2 Å². The highest BCUT2D eigenvalue weighted by Gasteiger charge is 2.19. The molecular formula is C14H20O3. The van der Waals surface area contributed by atoms with E-state index < -0.39 is 0 Å². The molecule has 1 aromatic carbocycles. The minimum atomic E-state index is 0.0641. The van der Waals surface area contributed by atoms with E-state index in [4.69, 9.17) is 14.2 Å². The number of ether oxygens (including phenoxy) is 3. The van der Waals surface area contributed by atoms with E-state index >= 15 is 0 Å². The summed E-state index contributed by atoms with van der Waals surface area (Å²) in [6, 6.07) is 8.02. The first-order valence-corrected chi connectivity index (χ1v) is 6.17. The van der Waals surface area contributed by atoms with Gasteiger partial charge in [0, 0.05) is 18.8 Å². The molecule has 0 aliphatic carbocycles. The van der Waals surface area contributed by atoms with Crippen molar-refractivity contribution in [2.75, 3.05) is 20.3 Å². The van der Waals surface area contributed by atoms with Crippen LogP contribution in [0.5, 0.6) is 5.75 Å². The molecule has 0 saturated carbocycles. The molecule has 94 valence electrons. The third kappa shape index (κ3) is 3.20. The van der Waals surface area contributed by atoms with E-state index in [2.05, 4.69) is 13.0 Å². The molecule has 0 bridgehead atoms. The number of benzene rings is 1. The van der Waals surface area contributed by atoms with Gasteiger partial charge in [-0.15, -0.1) is 0 Å². The maximum atomic E-state index is 6.06. The highest BCUT2D eigenvalue weighted by Crippen LogP contribution is 2.29. The second-order valence-electron chi connectivity index (χ2n) is 4.33. The lowest BCUT2D eigenvalue weighted by Gasteiger charge is -2.26. The molecule has 1 aliphatic rings. The average Bonchev–Trinajstić information content (AvgIpc) is 2.40. The van der Waals surface area contributed by atoms with Gasteiger partial charge in [-0.1, -0.05) is 18.2 Å². The number of methoxy groups -OCH3 is 1. The number of hydrogen-bond acceptors (Lipinski definition) is 3. The summed E-state index contributed by atoms with van der Waals surface area (Å²) in [6.45, 7) is 3.69. The van der Waals surface area contributed by atoms with Crippen molar-refractivity contribution in [1.82, 2.24) is 0 Å². The average molecular weight is 236 g/mol. The SMILES string of the molecule is COc1ccccc1C(C)OC1CCOCC1. The number of rotatable bonds is 4. The van der Waals surface area contributed by atoms with Crippen LogP contribution >= 0.6 is 0 Å². The summed E-state index contributed by atoms with van der Waals surface area (Å²) in [5.41, 5.74) is 1.11. The molecule has 2 rings (SSSR count). The van der Waals surface area contributed by atoms with Gasteiger partial charge < -0.3 is 14.2 Å². The Balaban J connectivity index is 2.00. The van der Waals surface area contributed by atoms with Gasteiger partial charge in [0.2, 0.25) is 0 Å². The first-order chi connectivity index (χ1) is 8.31. The first kappa shape index (κ1) is 12.4. The molecule has 3 nitrogen and oxygen atoms in total. The van der Waals surface area contributed by atoms with Gasteiger partial charge in [-0.25, -0.2) is 0 Å². The topological polar surface area (TPSA) is 27.7 Å². The predicted molar refractivity (Wildman–Crippen MR) is 66.3 cm³/mol.